The number of hydrogen-bond donors (Lipinski definition) is 1. The van der Waals surface area contributed by atoms with Crippen LogP contribution in [0.15, 0.2) is 76.5 Å². The van der Waals surface area contributed by atoms with Crippen molar-refractivity contribution in [3.63, 3.8) is 0 Å². The average molecular weight is 395 g/mol. The molecule has 6 heteroatoms. The van der Waals surface area contributed by atoms with E-state index in [9.17, 15) is 10.1 Å². The minimum absolute atomic E-state index is 0.284. The van der Waals surface area contributed by atoms with Gasteiger partial charge in [0.2, 0.25) is 0 Å². The minimum atomic E-state index is -0.284. The molecule has 4 nitrogen and oxygen atoms in total. The van der Waals surface area contributed by atoms with Gasteiger partial charge in [0.25, 0.3) is 5.91 Å². The average Bonchev–Trinajstić information content (AvgIpc) is 2.69. The predicted octanol–water partition coefficient (Wildman–Crippen LogP) is 5.62. The molecule has 1 N–H and O–H groups in total. The van der Waals surface area contributed by atoms with Crippen molar-refractivity contribution >= 4 is 35.0 Å². The van der Waals surface area contributed by atoms with E-state index in [0.29, 0.717) is 27.6 Å². The second-order valence-electron chi connectivity index (χ2n) is 5.50. The molecule has 0 atom stereocenters. The van der Waals surface area contributed by atoms with E-state index < -0.39 is 0 Å². The van der Waals surface area contributed by atoms with E-state index in [1.165, 1.54) is 18.9 Å². The number of rotatable bonds is 5. The Kier molecular flexibility index (Phi) is 6.02. The number of carbonyl (C=O) groups is 1. The minimum Gasteiger partial charge on any atom is -0.495 e. The number of carbonyl (C=O) groups excluding carboxylic acids is 1. The summed E-state index contributed by atoms with van der Waals surface area (Å²) in [6, 6.07) is 21.7. The zero-order valence-corrected chi connectivity index (χ0v) is 16.0. The van der Waals surface area contributed by atoms with E-state index >= 15 is 0 Å². The van der Waals surface area contributed by atoms with Crippen molar-refractivity contribution in [1.29, 1.82) is 5.26 Å². The van der Waals surface area contributed by atoms with Gasteiger partial charge < -0.3 is 10.1 Å². The molecule has 27 heavy (non-hydrogen) atoms. The number of nitriles is 1. The van der Waals surface area contributed by atoms with E-state index in [1.54, 1.807) is 36.4 Å². The predicted molar refractivity (Wildman–Crippen MR) is 108 cm³/mol. The number of methoxy groups -OCH3 is 1. The second-order valence-corrected chi connectivity index (χ2v) is 7.03. The SMILES string of the molecule is COc1ccc(Cl)cc1NC(=O)c1ccccc1Sc1ccccc1C#N. The third-order valence-corrected chi connectivity index (χ3v) is 5.16. The van der Waals surface area contributed by atoms with Crippen LogP contribution in [0.1, 0.15) is 15.9 Å². The van der Waals surface area contributed by atoms with Gasteiger partial charge in [-0.15, -0.1) is 0 Å². The summed E-state index contributed by atoms with van der Waals surface area (Å²) in [7, 11) is 1.53. The summed E-state index contributed by atoms with van der Waals surface area (Å²) in [5.74, 6) is 0.237. The number of ether oxygens (including phenoxy) is 1. The molecule has 3 aromatic rings. The van der Waals surface area contributed by atoms with Crippen LogP contribution < -0.4 is 10.1 Å². The number of nitrogens with zero attached hydrogens (tertiary/aromatic N) is 1. The lowest BCUT2D eigenvalue weighted by atomic mass is 10.2. The van der Waals surface area contributed by atoms with Gasteiger partial charge in [-0.2, -0.15) is 5.26 Å². The molecule has 0 aromatic heterocycles. The summed E-state index contributed by atoms with van der Waals surface area (Å²) in [6.07, 6.45) is 0. The highest BCUT2D eigenvalue weighted by Gasteiger charge is 2.15. The van der Waals surface area contributed by atoms with Gasteiger partial charge in [0.05, 0.1) is 23.9 Å². The molecule has 0 fully saturated rings. The van der Waals surface area contributed by atoms with Gasteiger partial charge >= 0.3 is 0 Å². The number of halogens is 1. The lowest BCUT2D eigenvalue weighted by Crippen LogP contribution is -2.13. The molecule has 0 aliphatic rings. The summed E-state index contributed by atoms with van der Waals surface area (Å²) < 4.78 is 5.28. The third kappa shape index (κ3) is 4.43. The van der Waals surface area contributed by atoms with Crippen molar-refractivity contribution < 1.29 is 9.53 Å². The Hall–Kier alpha value is -2.94. The standard InChI is InChI=1S/C21H15ClN2O2S/c1-26-18-11-10-15(22)12-17(18)24-21(25)16-7-3-5-9-20(16)27-19-8-4-2-6-14(19)13-23/h2-12H,1H3,(H,24,25). The molecule has 0 unspecified atom stereocenters. The van der Waals surface area contributed by atoms with Crippen molar-refractivity contribution in [3.8, 4) is 11.8 Å². The molecule has 0 bridgehead atoms. The maximum Gasteiger partial charge on any atom is 0.256 e. The van der Waals surface area contributed by atoms with Gasteiger partial charge in [-0.1, -0.05) is 47.6 Å². The molecule has 0 heterocycles. The topological polar surface area (TPSA) is 62.1 Å². The monoisotopic (exact) mass is 394 g/mol. The third-order valence-electron chi connectivity index (χ3n) is 3.77. The van der Waals surface area contributed by atoms with Crippen LogP contribution in [0.3, 0.4) is 0 Å². The molecule has 3 aromatic carbocycles. The van der Waals surface area contributed by atoms with Crippen LogP contribution in [0.25, 0.3) is 0 Å². The smallest absolute Gasteiger partial charge is 0.256 e. The first-order valence-electron chi connectivity index (χ1n) is 8.03. The lowest BCUT2D eigenvalue weighted by Gasteiger charge is -2.13. The highest BCUT2D eigenvalue weighted by molar-refractivity contribution is 7.99. The van der Waals surface area contributed by atoms with Crippen LogP contribution >= 0.6 is 23.4 Å². The van der Waals surface area contributed by atoms with Crippen molar-refractivity contribution in [1.82, 2.24) is 0 Å². The van der Waals surface area contributed by atoms with Crippen LogP contribution in [0, 0.1) is 11.3 Å². The Balaban J connectivity index is 1.91. The zero-order chi connectivity index (χ0) is 19.2. The number of nitrogens with one attached hydrogen (secondary N) is 1. The van der Waals surface area contributed by atoms with Crippen LogP contribution in [0.2, 0.25) is 5.02 Å². The van der Waals surface area contributed by atoms with Crippen molar-refractivity contribution in [3.05, 3.63) is 82.9 Å². The normalized spacial score (nSPS) is 10.1. The van der Waals surface area contributed by atoms with E-state index in [1.807, 2.05) is 30.3 Å². The van der Waals surface area contributed by atoms with Gasteiger partial charge in [0, 0.05) is 14.8 Å². The van der Waals surface area contributed by atoms with Crippen molar-refractivity contribution in [2.45, 2.75) is 9.79 Å². The summed E-state index contributed by atoms with van der Waals surface area (Å²) in [6.45, 7) is 0. The Bertz CT molecular complexity index is 1030. The molecule has 134 valence electrons. The summed E-state index contributed by atoms with van der Waals surface area (Å²) >= 11 is 7.41. The number of benzene rings is 3. The first kappa shape index (κ1) is 18.8. The molecule has 0 saturated heterocycles. The molecular weight excluding hydrogens is 380 g/mol. The van der Waals surface area contributed by atoms with E-state index in [-0.39, 0.29) is 5.91 Å². The summed E-state index contributed by atoms with van der Waals surface area (Å²) in [4.78, 5) is 14.4. The Morgan fingerprint density at radius 2 is 1.78 bits per heavy atom. The molecular formula is C21H15ClN2O2S. The Morgan fingerprint density at radius 3 is 2.52 bits per heavy atom. The molecule has 0 aliphatic heterocycles. The van der Waals surface area contributed by atoms with Crippen LogP contribution in [-0.2, 0) is 0 Å². The fourth-order valence-corrected chi connectivity index (χ4v) is 3.67. The molecule has 1 amide bonds. The highest BCUT2D eigenvalue weighted by Crippen LogP contribution is 2.34. The van der Waals surface area contributed by atoms with Crippen LogP contribution in [0.4, 0.5) is 5.69 Å². The van der Waals surface area contributed by atoms with Gasteiger partial charge in [0.15, 0.2) is 0 Å². The van der Waals surface area contributed by atoms with E-state index in [2.05, 4.69) is 11.4 Å². The first-order valence-corrected chi connectivity index (χ1v) is 9.22. The molecule has 0 aliphatic carbocycles. The maximum atomic E-state index is 12.9. The quantitative estimate of drug-likeness (QED) is 0.609. The summed E-state index contributed by atoms with van der Waals surface area (Å²) in [5.41, 5.74) is 1.55. The first-order chi connectivity index (χ1) is 13.1. The number of amides is 1. The van der Waals surface area contributed by atoms with Crippen molar-refractivity contribution in [2.24, 2.45) is 0 Å². The number of hydrogen-bond acceptors (Lipinski definition) is 4. The number of anilines is 1. The zero-order valence-electron chi connectivity index (χ0n) is 14.4. The van der Waals surface area contributed by atoms with Crippen LogP contribution in [-0.4, -0.2) is 13.0 Å². The van der Waals surface area contributed by atoms with Crippen LogP contribution in [0.5, 0.6) is 5.75 Å². The highest BCUT2D eigenvalue weighted by atomic mass is 35.5. The lowest BCUT2D eigenvalue weighted by molar-refractivity contribution is 0.102. The molecule has 0 saturated carbocycles. The fourth-order valence-electron chi connectivity index (χ4n) is 2.48. The largest absolute Gasteiger partial charge is 0.495 e. The fraction of sp³-hybridized carbons (Fsp3) is 0.0476. The molecule has 0 spiro atoms. The van der Waals surface area contributed by atoms with Gasteiger partial charge in [-0.3, -0.25) is 4.79 Å². The van der Waals surface area contributed by atoms with Gasteiger partial charge in [-0.05, 0) is 42.5 Å². The maximum absolute atomic E-state index is 12.9. The second kappa shape index (κ2) is 8.63. The van der Waals surface area contributed by atoms with E-state index in [4.69, 9.17) is 16.3 Å². The Labute approximate surface area is 166 Å². The molecule has 3 rings (SSSR count). The Morgan fingerprint density at radius 1 is 1.07 bits per heavy atom. The van der Waals surface area contributed by atoms with Gasteiger partial charge in [0.1, 0.15) is 11.8 Å². The van der Waals surface area contributed by atoms with Crippen molar-refractivity contribution in [2.75, 3.05) is 12.4 Å². The molecule has 0 radical (unpaired) electrons. The van der Waals surface area contributed by atoms with E-state index in [0.717, 1.165) is 9.79 Å². The summed E-state index contributed by atoms with van der Waals surface area (Å²) in [5, 5.41) is 12.6. The van der Waals surface area contributed by atoms with Gasteiger partial charge in [-0.25, -0.2) is 0 Å².